The molecule has 3 aromatic carbocycles. The maximum Gasteiger partial charge on any atom is 0.0363 e. The molecule has 0 amide bonds. The number of nitrogens with zero attached hydrogens (tertiary/aromatic N) is 3. The molecule has 0 aliphatic carbocycles. The third-order valence-electron chi connectivity index (χ3n) is 6.07. The largest absolute Gasteiger partial charge is 0.375 e. The van der Waals surface area contributed by atoms with Crippen molar-refractivity contribution in [1.82, 2.24) is 0 Å². The summed E-state index contributed by atoms with van der Waals surface area (Å²) in [7, 11) is 5.82. The molecule has 0 bridgehead atoms. The molecular weight excluding hydrogens is 397 g/mol. The number of rotatable bonds is 9. The van der Waals surface area contributed by atoms with Crippen LogP contribution in [0.1, 0.15) is 20.8 Å². The Kier molecular flexibility index (Phi) is 7.98. The van der Waals surface area contributed by atoms with E-state index in [1.165, 1.54) is 33.0 Å². The van der Waals surface area contributed by atoms with Crippen LogP contribution in [0.4, 0.5) is 17.1 Å². The van der Waals surface area contributed by atoms with Gasteiger partial charge in [0.2, 0.25) is 0 Å². The number of anilines is 3. The van der Waals surface area contributed by atoms with Crippen LogP contribution in [0.5, 0.6) is 0 Å². The first-order valence-electron chi connectivity index (χ1n) is 11.2. The van der Waals surface area contributed by atoms with Crippen molar-refractivity contribution in [2.24, 2.45) is 0 Å². The molecule has 3 rings (SSSR count). The van der Waals surface area contributed by atoms with E-state index in [0.29, 0.717) is 0 Å². The molecule has 0 saturated carbocycles. The second-order valence-corrected chi connectivity index (χ2v) is 10.1. The van der Waals surface area contributed by atoms with Crippen LogP contribution in [0.3, 0.4) is 0 Å². The topological polar surface area (TPSA) is 9.72 Å². The third-order valence-corrected chi connectivity index (χ3v) is 8.51. The molecule has 0 atom stereocenters. The van der Waals surface area contributed by atoms with Gasteiger partial charge >= 0.3 is 0 Å². The molecular formula is C27H36N3P. The van der Waals surface area contributed by atoms with Crippen molar-refractivity contribution in [3.05, 3.63) is 72.8 Å². The van der Waals surface area contributed by atoms with E-state index in [1.807, 2.05) is 0 Å². The highest BCUT2D eigenvalue weighted by molar-refractivity contribution is 7.79. The molecule has 0 radical (unpaired) electrons. The van der Waals surface area contributed by atoms with Crippen LogP contribution in [0.25, 0.3) is 0 Å². The maximum atomic E-state index is 2.31. The lowest BCUT2D eigenvalue weighted by atomic mass is 10.3. The summed E-state index contributed by atoms with van der Waals surface area (Å²) in [5.74, 6) is 0. The fraction of sp³-hybridized carbons (Fsp3) is 0.333. The molecule has 0 saturated heterocycles. The summed E-state index contributed by atoms with van der Waals surface area (Å²) in [6, 6.07) is 27.4. The SMILES string of the molecule is CCN(C)c1ccc(P(c2ccc(N(C)CC)cc2)c2ccc(N(C)CC)cc2)cc1. The van der Waals surface area contributed by atoms with E-state index in [1.54, 1.807) is 0 Å². The Balaban J connectivity index is 2.01. The van der Waals surface area contributed by atoms with Gasteiger partial charge in [0.05, 0.1) is 0 Å². The molecule has 31 heavy (non-hydrogen) atoms. The van der Waals surface area contributed by atoms with E-state index in [0.717, 1.165) is 19.6 Å². The van der Waals surface area contributed by atoms with Gasteiger partial charge in [0.25, 0.3) is 0 Å². The van der Waals surface area contributed by atoms with Gasteiger partial charge in [-0.3, -0.25) is 0 Å². The van der Waals surface area contributed by atoms with Crippen molar-refractivity contribution in [2.75, 3.05) is 55.5 Å². The fourth-order valence-corrected chi connectivity index (χ4v) is 5.80. The maximum absolute atomic E-state index is 2.31. The average Bonchev–Trinajstić information content (AvgIpc) is 2.84. The Bertz CT molecular complexity index is 809. The van der Waals surface area contributed by atoms with Crippen molar-refractivity contribution in [2.45, 2.75) is 20.8 Å². The molecule has 0 N–H and O–H groups in total. The minimum Gasteiger partial charge on any atom is -0.375 e. The standard InChI is InChI=1S/C27H36N3P/c1-7-28(4)22-10-16-25(17-11-22)31(26-18-12-23(13-19-26)29(5)8-2)27-20-14-24(15-21-27)30(6)9-3/h10-21H,7-9H2,1-6H3. The molecule has 3 nitrogen and oxygen atoms in total. The Morgan fingerprint density at radius 2 is 0.677 bits per heavy atom. The van der Waals surface area contributed by atoms with Crippen LogP contribution >= 0.6 is 7.92 Å². The monoisotopic (exact) mass is 433 g/mol. The molecule has 4 heteroatoms. The van der Waals surface area contributed by atoms with Gasteiger partial charge in [-0.2, -0.15) is 0 Å². The number of benzene rings is 3. The summed E-state index contributed by atoms with van der Waals surface area (Å²) in [5, 5.41) is 4.16. The van der Waals surface area contributed by atoms with Gasteiger partial charge in [-0.15, -0.1) is 0 Å². The first-order chi connectivity index (χ1) is 15.0. The zero-order chi connectivity index (χ0) is 22.4. The molecule has 0 unspecified atom stereocenters. The molecule has 0 aliphatic heterocycles. The van der Waals surface area contributed by atoms with Crippen molar-refractivity contribution >= 4 is 40.9 Å². The van der Waals surface area contributed by atoms with Gasteiger partial charge in [-0.25, -0.2) is 0 Å². The predicted molar refractivity (Wildman–Crippen MR) is 142 cm³/mol. The van der Waals surface area contributed by atoms with Crippen LogP contribution in [-0.4, -0.2) is 40.8 Å². The minimum absolute atomic E-state index is 0.609. The summed E-state index contributed by atoms with van der Waals surface area (Å²) in [4.78, 5) is 6.82. The lowest BCUT2D eigenvalue weighted by molar-refractivity contribution is 0.968. The van der Waals surface area contributed by atoms with E-state index < -0.39 is 7.92 Å². The predicted octanol–water partition coefficient (Wildman–Crippen LogP) is 4.81. The van der Waals surface area contributed by atoms with Gasteiger partial charge in [0, 0.05) is 57.8 Å². The zero-order valence-corrected chi connectivity index (χ0v) is 20.7. The minimum atomic E-state index is -0.609. The molecule has 3 aromatic rings. The van der Waals surface area contributed by atoms with Crippen molar-refractivity contribution in [1.29, 1.82) is 0 Å². The first kappa shape index (κ1) is 23.2. The Morgan fingerprint density at radius 1 is 0.452 bits per heavy atom. The molecule has 0 aliphatic rings. The molecule has 0 fully saturated rings. The van der Waals surface area contributed by atoms with Crippen LogP contribution in [0.15, 0.2) is 72.8 Å². The van der Waals surface area contributed by atoms with Crippen molar-refractivity contribution in [3.63, 3.8) is 0 Å². The quantitative estimate of drug-likeness (QED) is 0.448. The highest BCUT2D eigenvalue weighted by atomic mass is 31.1. The Hall–Kier alpha value is -2.51. The summed E-state index contributed by atoms with van der Waals surface area (Å²) in [6.45, 7) is 9.58. The summed E-state index contributed by atoms with van der Waals surface area (Å²) < 4.78 is 0. The normalized spacial score (nSPS) is 10.9. The van der Waals surface area contributed by atoms with E-state index in [4.69, 9.17) is 0 Å². The van der Waals surface area contributed by atoms with E-state index in [2.05, 4.69) is 129 Å². The van der Waals surface area contributed by atoms with Crippen LogP contribution in [0.2, 0.25) is 0 Å². The summed E-state index contributed by atoms with van der Waals surface area (Å²) >= 11 is 0. The van der Waals surface area contributed by atoms with Crippen molar-refractivity contribution in [3.8, 4) is 0 Å². The molecule has 0 heterocycles. The van der Waals surface area contributed by atoms with Gasteiger partial charge in [0.1, 0.15) is 0 Å². The lowest BCUT2D eigenvalue weighted by Gasteiger charge is -2.24. The average molecular weight is 434 g/mol. The Labute approximate surface area is 190 Å². The smallest absolute Gasteiger partial charge is 0.0363 e. The molecule has 0 aromatic heterocycles. The summed E-state index contributed by atoms with van der Waals surface area (Å²) in [6.07, 6.45) is 0. The van der Waals surface area contributed by atoms with E-state index in [-0.39, 0.29) is 0 Å². The molecule has 0 spiro atoms. The fourth-order valence-electron chi connectivity index (χ4n) is 3.56. The second-order valence-electron chi connectivity index (χ2n) is 7.93. The molecule has 164 valence electrons. The van der Waals surface area contributed by atoms with Crippen LogP contribution < -0.4 is 30.6 Å². The Morgan fingerprint density at radius 3 is 0.871 bits per heavy atom. The van der Waals surface area contributed by atoms with Gasteiger partial charge in [-0.1, -0.05) is 36.4 Å². The van der Waals surface area contributed by atoms with Crippen LogP contribution in [-0.2, 0) is 0 Å². The van der Waals surface area contributed by atoms with E-state index >= 15 is 0 Å². The highest BCUT2D eigenvalue weighted by Gasteiger charge is 2.17. The zero-order valence-electron chi connectivity index (χ0n) is 19.8. The summed E-state index contributed by atoms with van der Waals surface area (Å²) in [5.41, 5.74) is 3.79. The number of hydrogen-bond donors (Lipinski definition) is 0. The van der Waals surface area contributed by atoms with Gasteiger partial charge < -0.3 is 14.7 Å². The van der Waals surface area contributed by atoms with Crippen molar-refractivity contribution < 1.29 is 0 Å². The third kappa shape index (κ3) is 5.40. The van der Waals surface area contributed by atoms with E-state index in [9.17, 15) is 0 Å². The lowest BCUT2D eigenvalue weighted by Crippen LogP contribution is -2.23. The second kappa shape index (κ2) is 10.7. The van der Waals surface area contributed by atoms with Crippen LogP contribution in [0, 0.1) is 0 Å². The van der Waals surface area contributed by atoms with Gasteiger partial charge in [-0.05, 0) is 81.0 Å². The first-order valence-corrected chi connectivity index (χ1v) is 12.6. The van der Waals surface area contributed by atoms with Gasteiger partial charge in [0.15, 0.2) is 0 Å². The number of hydrogen-bond acceptors (Lipinski definition) is 3. The highest BCUT2D eigenvalue weighted by Crippen LogP contribution is 2.34.